The molecule has 0 bridgehead atoms. The molecule has 0 aliphatic heterocycles. The van der Waals surface area contributed by atoms with Crippen molar-refractivity contribution < 1.29 is 24.2 Å². The van der Waals surface area contributed by atoms with Crippen molar-refractivity contribution in [1.82, 2.24) is 5.32 Å². The molecule has 0 spiro atoms. The lowest BCUT2D eigenvalue weighted by Gasteiger charge is -2.34. The molecule has 1 amide bonds. The third-order valence-electron chi connectivity index (χ3n) is 4.10. The summed E-state index contributed by atoms with van der Waals surface area (Å²) in [5, 5.41) is 12.3. The highest BCUT2D eigenvalue weighted by atomic mass is 16.7. The lowest BCUT2D eigenvalue weighted by Crippen LogP contribution is -2.47. The molecule has 0 saturated heterocycles. The largest absolute Gasteiger partial charge is 0.481 e. The molecular formula is C16H27NO5. The summed E-state index contributed by atoms with van der Waals surface area (Å²) in [6, 6.07) is -0.107. The van der Waals surface area contributed by atoms with E-state index in [0.29, 0.717) is 25.0 Å². The van der Waals surface area contributed by atoms with E-state index >= 15 is 0 Å². The molecule has 4 unspecified atom stereocenters. The van der Waals surface area contributed by atoms with Crippen LogP contribution in [0.4, 0.5) is 0 Å². The molecule has 2 N–H and O–H groups in total. The van der Waals surface area contributed by atoms with Crippen molar-refractivity contribution in [2.45, 2.75) is 58.6 Å². The van der Waals surface area contributed by atoms with Crippen LogP contribution in [-0.2, 0) is 19.1 Å². The molecule has 0 radical (unpaired) electrons. The molecule has 6 nitrogen and oxygen atoms in total. The zero-order valence-corrected chi connectivity index (χ0v) is 13.6. The normalized spacial score (nSPS) is 26.0. The molecule has 126 valence electrons. The summed E-state index contributed by atoms with van der Waals surface area (Å²) in [7, 11) is 0. The third kappa shape index (κ3) is 5.67. The molecule has 1 saturated carbocycles. The van der Waals surface area contributed by atoms with Crippen LogP contribution in [0.25, 0.3) is 0 Å². The second kappa shape index (κ2) is 8.78. The number of hydrogen-bond donors (Lipinski definition) is 2. The molecule has 1 aliphatic rings. The van der Waals surface area contributed by atoms with Crippen LogP contribution in [0.15, 0.2) is 12.3 Å². The van der Waals surface area contributed by atoms with Gasteiger partial charge in [-0.1, -0.05) is 20.4 Å². The maximum atomic E-state index is 11.9. The van der Waals surface area contributed by atoms with E-state index in [1.807, 2.05) is 13.8 Å². The van der Waals surface area contributed by atoms with Gasteiger partial charge < -0.3 is 19.9 Å². The van der Waals surface area contributed by atoms with Crippen molar-refractivity contribution in [3.05, 3.63) is 12.3 Å². The third-order valence-corrected chi connectivity index (χ3v) is 4.10. The van der Waals surface area contributed by atoms with Gasteiger partial charge in [0.05, 0.1) is 17.8 Å². The number of amides is 1. The Balaban J connectivity index is 2.53. The van der Waals surface area contributed by atoms with Gasteiger partial charge >= 0.3 is 5.97 Å². The fraction of sp³-hybridized carbons (Fsp3) is 0.750. The second-order valence-corrected chi connectivity index (χ2v) is 5.94. The molecule has 0 aromatic carbocycles. The van der Waals surface area contributed by atoms with Gasteiger partial charge in [-0.2, -0.15) is 0 Å². The van der Waals surface area contributed by atoms with Crippen molar-refractivity contribution in [3.63, 3.8) is 0 Å². The first kappa shape index (κ1) is 18.5. The van der Waals surface area contributed by atoms with Crippen LogP contribution in [0.2, 0.25) is 0 Å². The van der Waals surface area contributed by atoms with E-state index in [9.17, 15) is 14.7 Å². The van der Waals surface area contributed by atoms with Crippen LogP contribution in [0.3, 0.4) is 0 Å². The van der Waals surface area contributed by atoms with E-state index in [4.69, 9.17) is 9.47 Å². The number of nitrogens with one attached hydrogen (secondary N) is 1. The van der Waals surface area contributed by atoms with Gasteiger partial charge in [0.25, 0.3) is 0 Å². The molecule has 0 heterocycles. The van der Waals surface area contributed by atoms with E-state index in [1.165, 1.54) is 0 Å². The fourth-order valence-corrected chi connectivity index (χ4v) is 2.48. The van der Waals surface area contributed by atoms with Gasteiger partial charge in [-0.15, -0.1) is 0 Å². The van der Waals surface area contributed by atoms with Crippen LogP contribution >= 0.6 is 0 Å². The number of carbonyl (C=O) groups excluding carboxylic acids is 1. The average molecular weight is 313 g/mol. The first-order valence-corrected chi connectivity index (χ1v) is 7.78. The van der Waals surface area contributed by atoms with Crippen molar-refractivity contribution in [2.24, 2.45) is 11.8 Å². The van der Waals surface area contributed by atoms with E-state index in [0.717, 1.165) is 6.42 Å². The van der Waals surface area contributed by atoms with E-state index < -0.39 is 18.0 Å². The van der Waals surface area contributed by atoms with Crippen molar-refractivity contribution in [1.29, 1.82) is 0 Å². The summed E-state index contributed by atoms with van der Waals surface area (Å²) in [5.74, 6) is -1.07. The number of ether oxygens (including phenoxy) is 2. The predicted octanol–water partition coefficient (Wildman–Crippen LogP) is 2.29. The van der Waals surface area contributed by atoms with Crippen LogP contribution in [-0.4, -0.2) is 35.9 Å². The van der Waals surface area contributed by atoms with E-state index in [1.54, 1.807) is 6.92 Å². The minimum absolute atomic E-state index is 0.00761. The SMILES string of the molecule is C=C(C)OCOC1CCC(NC(=O)C(C)CC)CC1C(=O)O. The average Bonchev–Trinajstić information content (AvgIpc) is 2.46. The highest BCUT2D eigenvalue weighted by Crippen LogP contribution is 2.28. The Kier molecular flexibility index (Phi) is 7.38. The van der Waals surface area contributed by atoms with Crippen LogP contribution in [0.5, 0.6) is 0 Å². The second-order valence-electron chi connectivity index (χ2n) is 5.94. The zero-order chi connectivity index (χ0) is 16.7. The number of aliphatic carboxylic acids is 1. The number of hydrogen-bond acceptors (Lipinski definition) is 4. The van der Waals surface area contributed by atoms with Crippen molar-refractivity contribution in [3.8, 4) is 0 Å². The maximum Gasteiger partial charge on any atom is 0.309 e. The Morgan fingerprint density at radius 2 is 2.09 bits per heavy atom. The van der Waals surface area contributed by atoms with Gasteiger partial charge in [-0.05, 0) is 32.6 Å². The summed E-state index contributed by atoms with van der Waals surface area (Å²) in [4.78, 5) is 23.4. The first-order chi connectivity index (χ1) is 10.3. The zero-order valence-electron chi connectivity index (χ0n) is 13.6. The number of carboxylic acid groups (broad SMARTS) is 1. The summed E-state index contributed by atoms with van der Waals surface area (Å²) in [6.07, 6.45) is 2.06. The van der Waals surface area contributed by atoms with Gasteiger partial charge in [0, 0.05) is 12.0 Å². The molecule has 0 aromatic heterocycles. The highest BCUT2D eigenvalue weighted by Gasteiger charge is 2.37. The topological polar surface area (TPSA) is 84.9 Å². The predicted molar refractivity (Wildman–Crippen MR) is 82.0 cm³/mol. The molecule has 0 aromatic rings. The van der Waals surface area contributed by atoms with Gasteiger partial charge in [0.1, 0.15) is 0 Å². The molecule has 6 heteroatoms. The van der Waals surface area contributed by atoms with Crippen molar-refractivity contribution >= 4 is 11.9 Å². The van der Waals surface area contributed by atoms with Gasteiger partial charge in [-0.25, -0.2) is 0 Å². The Bertz CT molecular complexity index is 409. The first-order valence-electron chi connectivity index (χ1n) is 7.78. The maximum absolute atomic E-state index is 11.9. The van der Waals surface area contributed by atoms with Crippen LogP contribution < -0.4 is 5.32 Å². The summed E-state index contributed by atoms with van der Waals surface area (Å²) in [5.41, 5.74) is 0. The molecule has 1 fully saturated rings. The minimum atomic E-state index is -0.900. The number of carboxylic acids is 1. The Morgan fingerprint density at radius 1 is 1.41 bits per heavy atom. The lowest BCUT2D eigenvalue weighted by atomic mass is 9.83. The Morgan fingerprint density at radius 3 is 2.64 bits per heavy atom. The lowest BCUT2D eigenvalue weighted by molar-refractivity contribution is -0.157. The molecule has 22 heavy (non-hydrogen) atoms. The van der Waals surface area contributed by atoms with E-state index in [-0.39, 0.29) is 24.7 Å². The number of carbonyl (C=O) groups is 2. The highest BCUT2D eigenvalue weighted by molar-refractivity contribution is 5.78. The fourth-order valence-electron chi connectivity index (χ4n) is 2.48. The minimum Gasteiger partial charge on any atom is -0.481 e. The van der Waals surface area contributed by atoms with E-state index in [2.05, 4.69) is 11.9 Å². The van der Waals surface area contributed by atoms with Gasteiger partial charge in [0.2, 0.25) is 5.91 Å². The van der Waals surface area contributed by atoms with Crippen molar-refractivity contribution in [2.75, 3.05) is 6.79 Å². The van der Waals surface area contributed by atoms with Crippen LogP contribution in [0, 0.1) is 11.8 Å². The number of allylic oxidation sites excluding steroid dienone is 1. The summed E-state index contributed by atoms with van der Waals surface area (Å²) < 4.78 is 10.6. The molecule has 1 aliphatic carbocycles. The molecule has 1 rings (SSSR count). The summed E-state index contributed by atoms with van der Waals surface area (Å²) in [6.45, 7) is 9.13. The van der Waals surface area contributed by atoms with Gasteiger partial charge in [0.15, 0.2) is 6.79 Å². The quantitative estimate of drug-likeness (QED) is 0.530. The standard InChI is InChI=1S/C16H27NO5/c1-5-11(4)15(18)17-12-6-7-14(13(8-12)16(19)20)22-9-21-10(2)3/h11-14H,2,5-9H2,1,3-4H3,(H,17,18)(H,19,20). The molecule has 4 atom stereocenters. The van der Waals surface area contributed by atoms with Crippen LogP contribution in [0.1, 0.15) is 46.5 Å². The monoisotopic (exact) mass is 313 g/mol. The Hall–Kier alpha value is -1.56. The van der Waals surface area contributed by atoms with Gasteiger partial charge in [-0.3, -0.25) is 9.59 Å². The smallest absolute Gasteiger partial charge is 0.309 e. The molecular weight excluding hydrogens is 286 g/mol. The number of rotatable bonds is 8. The Labute approximate surface area is 131 Å². The summed E-state index contributed by atoms with van der Waals surface area (Å²) >= 11 is 0.